The van der Waals surface area contributed by atoms with Gasteiger partial charge >= 0.3 is 5.97 Å². The molecule has 16 heavy (non-hydrogen) atoms. The van der Waals surface area contributed by atoms with Crippen molar-refractivity contribution in [3.05, 3.63) is 35.9 Å². The third-order valence-electron chi connectivity index (χ3n) is 2.62. The zero-order valence-corrected chi connectivity index (χ0v) is 9.27. The Hall–Kier alpha value is -1.84. The maximum atomic E-state index is 11.3. The molecule has 1 aliphatic heterocycles. The number of amides is 1. The van der Waals surface area contributed by atoms with Gasteiger partial charge in [-0.3, -0.25) is 14.5 Å². The smallest absolute Gasteiger partial charge is 0.305 e. The van der Waals surface area contributed by atoms with Crippen LogP contribution in [0, 0.1) is 0 Å². The quantitative estimate of drug-likeness (QED) is 0.555. The zero-order chi connectivity index (χ0) is 11.8. The first-order valence-corrected chi connectivity index (χ1v) is 5.09. The summed E-state index contributed by atoms with van der Waals surface area (Å²) in [6.07, 6.45) is 0. The number of carbonyl (C=O) groups is 2. The summed E-state index contributed by atoms with van der Waals surface area (Å²) in [5.41, 5.74) is -0.0285. The Kier molecular flexibility index (Phi) is 2.42. The van der Waals surface area contributed by atoms with Gasteiger partial charge in [0.1, 0.15) is 0 Å². The van der Waals surface area contributed by atoms with Crippen molar-refractivity contribution in [1.82, 2.24) is 4.90 Å². The van der Waals surface area contributed by atoms with Crippen LogP contribution in [0.2, 0.25) is 0 Å². The van der Waals surface area contributed by atoms with Crippen molar-refractivity contribution >= 4 is 11.9 Å². The summed E-state index contributed by atoms with van der Waals surface area (Å²) in [5, 5.41) is 0. The number of benzene rings is 1. The van der Waals surface area contributed by atoms with Crippen molar-refractivity contribution in [3.63, 3.8) is 0 Å². The van der Waals surface area contributed by atoms with E-state index in [1.807, 2.05) is 30.3 Å². The minimum atomic E-state index is -0.862. The van der Waals surface area contributed by atoms with Crippen LogP contribution in [0.5, 0.6) is 0 Å². The number of ether oxygens (including phenoxy) is 1. The Labute approximate surface area is 93.8 Å². The van der Waals surface area contributed by atoms with Crippen LogP contribution in [0.1, 0.15) is 19.4 Å². The summed E-state index contributed by atoms with van der Waals surface area (Å²) >= 11 is 0. The maximum Gasteiger partial charge on any atom is 0.305 e. The molecule has 0 saturated carbocycles. The summed E-state index contributed by atoms with van der Waals surface area (Å²) < 4.78 is 5.27. The lowest BCUT2D eigenvalue weighted by atomic mass is 10.1. The summed E-state index contributed by atoms with van der Waals surface area (Å²) in [5.74, 6) is -0.474. The molecule has 1 unspecified atom stereocenters. The van der Waals surface area contributed by atoms with Crippen LogP contribution in [0.15, 0.2) is 30.3 Å². The number of rotatable bonds is 2. The first kappa shape index (κ1) is 10.7. The predicted molar refractivity (Wildman–Crippen MR) is 57.3 cm³/mol. The average Bonchev–Trinajstić information content (AvgIpc) is 2.94. The molecule has 0 radical (unpaired) electrons. The van der Waals surface area contributed by atoms with E-state index in [-0.39, 0.29) is 11.9 Å². The first-order valence-electron chi connectivity index (χ1n) is 5.09. The largest absolute Gasteiger partial charge is 0.433 e. The molecule has 0 aliphatic carbocycles. The van der Waals surface area contributed by atoms with E-state index in [2.05, 4.69) is 0 Å². The second kappa shape index (κ2) is 3.63. The van der Waals surface area contributed by atoms with E-state index in [0.29, 0.717) is 6.54 Å². The van der Waals surface area contributed by atoms with Crippen LogP contribution in [-0.2, 0) is 20.1 Å². The number of carbonyl (C=O) groups excluding carboxylic acids is 2. The second-order valence-corrected chi connectivity index (χ2v) is 3.85. The summed E-state index contributed by atoms with van der Waals surface area (Å²) in [6, 6.07) is 9.30. The van der Waals surface area contributed by atoms with Gasteiger partial charge in [0.05, 0.1) is 6.54 Å². The summed E-state index contributed by atoms with van der Waals surface area (Å²) in [4.78, 5) is 23.9. The fourth-order valence-corrected chi connectivity index (χ4v) is 1.87. The molecule has 4 nitrogen and oxygen atoms in total. The Bertz CT molecular complexity index is 429. The minimum absolute atomic E-state index is 0.0925. The Morgan fingerprint density at radius 3 is 2.31 bits per heavy atom. The molecule has 1 heterocycles. The van der Waals surface area contributed by atoms with Crippen molar-refractivity contribution in [2.45, 2.75) is 19.6 Å². The molecule has 0 aromatic heterocycles. The molecule has 0 spiro atoms. The molecule has 84 valence electrons. The summed E-state index contributed by atoms with van der Waals surface area (Å²) in [6.45, 7) is 3.25. The molecule has 1 fully saturated rings. The minimum Gasteiger partial charge on any atom is -0.433 e. The average molecular weight is 219 g/mol. The van der Waals surface area contributed by atoms with Gasteiger partial charge in [-0.05, 0) is 0 Å². The number of nitrogens with zero attached hydrogens (tertiary/aromatic N) is 1. The lowest BCUT2D eigenvalue weighted by Gasteiger charge is -2.17. The highest BCUT2D eigenvalue weighted by Gasteiger charge is 2.58. The summed E-state index contributed by atoms with van der Waals surface area (Å²) in [7, 11) is 0. The van der Waals surface area contributed by atoms with Crippen molar-refractivity contribution < 1.29 is 14.3 Å². The van der Waals surface area contributed by atoms with E-state index in [1.54, 1.807) is 0 Å². The Morgan fingerprint density at radius 2 is 1.88 bits per heavy atom. The van der Waals surface area contributed by atoms with Gasteiger partial charge in [-0.15, -0.1) is 0 Å². The SMILES string of the molecule is CC(=O)OC1(c2ccccc2)CN1C(C)=O. The molecule has 4 heteroatoms. The molecule has 1 atom stereocenters. The van der Waals surface area contributed by atoms with Gasteiger partial charge in [0.15, 0.2) is 0 Å². The van der Waals surface area contributed by atoms with Gasteiger partial charge in [-0.2, -0.15) is 0 Å². The van der Waals surface area contributed by atoms with Gasteiger partial charge in [-0.1, -0.05) is 30.3 Å². The maximum absolute atomic E-state index is 11.3. The van der Waals surface area contributed by atoms with Crippen LogP contribution < -0.4 is 0 Å². The third kappa shape index (κ3) is 1.66. The highest BCUT2D eigenvalue weighted by molar-refractivity contribution is 5.79. The first-order chi connectivity index (χ1) is 7.56. The van der Waals surface area contributed by atoms with E-state index in [0.717, 1.165) is 5.56 Å². The van der Waals surface area contributed by atoms with Gasteiger partial charge in [0, 0.05) is 19.4 Å². The topological polar surface area (TPSA) is 46.4 Å². The molecule has 0 bridgehead atoms. The van der Waals surface area contributed by atoms with Crippen LogP contribution in [0.4, 0.5) is 0 Å². The van der Waals surface area contributed by atoms with Crippen LogP contribution >= 0.6 is 0 Å². The molecule has 1 amide bonds. The van der Waals surface area contributed by atoms with E-state index in [9.17, 15) is 9.59 Å². The van der Waals surface area contributed by atoms with Gasteiger partial charge in [-0.25, -0.2) is 0 Å². The van der Waals surface area contributed by atoms with Crippen molar-refractivity contribution in [1.29, 1.82) is 0 Å². The van der Waals surface area contributed by atoms with Gasteiger partial charge < -0.3 is 4.74 Å². The Balaban J connectivity index is 2.31. The monoisotopic (exact) mass is 219 g/mol. The predicted octanol–water partition coefficient (Wildman–Crippen LogP) is 1.26. The normalized spacial score (nSPS) is 22.8. The van der Waals surface area contributed by atoms with Crippen LogP contribution in [-0.4, -0.2) is 23.3 Å². The number of esters is 1. The molecule has 1 aliphatic rings. The molecule has 0 N–H and O–H groups in total. The molecular weight excluding hydrogens is 206 g/mol. The van der Waals surface area contributed by atoms with Crippen molar-refractivity contribution in [3.8, 4) is 0 Å². The van der Waals surface area contributed by atoms with Crippen LogP contribution in [0.25, 0.3) is 0 Å². The van der Waals surface area contributed by atoms with Gasteiger partial charge in [0.2, 0.25) is 11.6 Å². The lowest BCUT2D eigenvalue weighted by molar-refractivity contribution is -0.154. The lowest BCUT2D eigenvalue weighted by Crippen LogP contribution is -2.25. The fraction of sp³-hybridized carbons (Fsp3) is 0.333. The molecule has 2 rings (SSSR count). The Morgan fingerprint density at radius 1 is 1.25 bits per heavy atom. The molecule has 1 aromatic carbocycles. The van der Waals surface area contributed by atoms with E-state index in [4.69, 9.17) is 4.74 Å². The third-order valence-corrected chi connectivity index (χ3v) is 2.62. The highest BCUT2D eigenvalue weighted by atomic mass is 16.6. The van der Waals surface area contributed by atoms with E-state index in [1.165, 1.54) is 18.7 Å². The second-order valence-electron chi connectivity index (χ2n) is 3.85. The van der Waals surface area contributed by atoms with Crippen LogP contribution in [0.3, 0.4) is 0 Å². The number of hydrogen-bond donors (Lipinski definition) is 0. The zero-order valence-electron chi connectivity index (χ0n) is 9.27. The molecule has 1 aromatic rings. The van der Waals surface area contributed by atoms with E-state index >= 15 is 0 Å². The van der Waals surface area contributed by atoms with Crippen molar-refractivity contribution in [2.24, 2.45) is 0 Å². The van der Waals surface area contributed by atoms with E-state index < -0.39 is 5.72 Å². The molecular formula is C12H13NO3. The number of hydrogen-bond acceptors (Lipinski definition) is 3. The molecule has 1 saturated heterocycles. The highest BCUT2D eigenvalue weighted by Crippen LogP contribution is 2.43. The van der Waals surface area contributed by atoms with Gasteiger partial charge in [0.25, 0.3) is 0 Å². The fourth-order valence-electron chi connectivity index (χ4n) is 1.87. The standard InChI is InChI=1S/C12H13NO3/c1-9(14)13-8-12(13,16-10(2)15)11-6-4-3-5-7-11/h3-7H,8H2,1-2H3. The van der Waals surface area contributed by atoms with Crippen molar-refractivity contribution in [2.75, 3.05) is 6.54 Å².